The quantitative estimate of drug-likeness (QED) is 0.679. The van der Waals surface area contributed by atoms with E-state index in [2.05, 4.69) is 0 Å². The van der Waals surface area contributed by atoms with Crippen molar-refractivity contribution in [2.75, 3.05) is 0 Å². The van der Waals surface area contributed by atoms with Crippen molar-refractivity contribution in [1.82, 2.24) is 0 Å². The Balaban J connectivity index is 2.91. The van der Waals surface area contributed by atoms with Crippen LogP contribution < -0.4 is 0 Å². The van der Waals surface area contributed by atoms with Gasteiger partial charge in [0, 0.05) is 5.56 Å². The second-order valence-corrected chi connectivity index (χ2v) is 2.93. The highest BCUT2D eigenvalue weighted by Crippen LogP contribution is 2.28. The van der Waals surface area contributed by atoms with E-state index in [9.17, 15) is 13.6 Å². The van der Waals surface area contributed by atoms with Gasteiger partial charge in [-0.05, 0) is 19.1 Å². The van der Waals surface area contributed by atoms with Gasteiger partial charge in [0.1, 0.15) is 0 Å². The first-order chi connectivity index (χ1) is 6.52. The van der Waals surface area contributed by atoms with Gasteiger partial charge in [-0.2, -0.15) is 8.78 Å². The number of carbonyl (C=O) groups excluding carboxylic acids is 1. The van der Waals surface area contributed by atoms with Crippen LogP contribution >= 0.6 is 0 Å². The van der Waals surface area contributed by atoms with Gasteiger partial charge in [0.25, 0.3) is 5.92 Å². The third-order valence-corrected chi connectivity index (χ3v) is 1.69. The molecular weight excluding hydrogens is 186 g/mol. The molecule has 0 aliphatic rings. The summed E-state index contributed by atoms with van der Waals surface area (Å²) < 4.78 is 26.6. The van der Waals surface area contributed by atoms with Crippen molar-refractivity contribution in [2.24, 2.45) is 0 Å². The highest BCUT2D eigenvalue weighted by atomic mass is 19.3. The number of carbonyl (C=O) groups is 1. The Morgan fingerprint density at radius 1 is 1.29 bits per heavy atom. The molecular formula is C11H10F2O. The minimum Gasteiger partial charge on any atom is -0.295 e. The summed E-state index contributed by atoms with van der Waals surface area (Å²) in [7, 11) is 0. The average Bonchev–Trinajstić information content (AvgIpc) is 2.16. The number of rotatable bonds is 3. The summed E-state index contributed by atoms with van der Waals surface area (Å²) in [6.07, 6.45) is 1.50. The second kappa shape index (κ2) is 4.13. The van der Waals surface area contributed by atoms with Crippen molar-refractivity contribution < 1.29 is 13.6 Å². The topological polar surface area (TPSA) is 17.1 Å². The first-order valence-corrected chi connectivity index (χ1v) is 4.15. The van der Waals surface area contributed by atoms with E-state index in [-0.39, 0.29) is 11.3 Å². The smallest absolute Gasteiger partial charge is 0.292 e. The molecule has 1 nitrogen and oxygen atoms in total. The van der Waals surface area contributed by atoms with Gasteiger partial charge in [0.2, 0.25) is 0 Å². The van der Waals surface area contributed by atoms with Crippen molar-refractivity contribution in [3.63, 3.8) is 0 Å². The predicted molar refractivity (Wildman–Crippen MR) is 50.2 cm³/mol. The molecule has 0 aliphatic carbocycles. The maximum absolute atomic E-state index is 13.3. The summed E-state index contributed by atoms with van der Waals surface area (Å²) in [6.45, 7) is 1.23. The van der Waals surface area contributed by atoms with Crippen molar-refractivity contribution in [1.29, 1.82) is 0 Å². The fourth-order valence-corrected chi connectivity index (χ4v) is 0.979. The van der Waals surface area contributed by atoms with E-state index in [1.807, 2.05) is 0 Å². The molecule has 1 aromatic rings. The van der Waals surface area contributed by atoms with Crippen LogP contribution in [0.1, 0.15) is 12.5 Å². The first-order valence-electron chi connectivity index (χ1n) is 4.15. The van der Waals surface area contributed by atoms with E-state index in [1.165, 1.54) is 31.2 Å². The lowest BCUT2D eigenvalue weighted by atomic mass is 10.1. The molecule has 0 saturated heterocycles. The number of benzene rings is 1. The van der Waals surface area contributed by atoms with Crippen LogP contribution in [0.25, 0.3) is 0 Å². The lowest BCUT2D eigenvalue weighted by Gasteiger charge is -2.10. The van der Waals surface area contributed by atoms with Gasteiger partial charge in [0.05, 0.1) is 0 Å². The molecule has 0 atom stereocenters. The Bertz CT molecular complexity index is 342. The Kier molecular flexibility index (Phi) is 3.12. The number of alkyl halides is 2. The molecule has 0 aromatic heterocycles. The van der Waals surface area contributed by atoms with Crippen LogP contribution in [0.2, 0.25) is 0 Å². The molecule has 0 radical (unpaired) electrons. The molecule has 74 valence electrons. The molecule has 1 aromatic carbocycles. The number of hydrogen-bond donors (Lipinski definition) is 0. The summed E-state index contributed by atoms with van der Waals surface area (Å²) in [5, 5.41) is 0. The Morgan fingerprint density at radius 3 is 2.36 bits per heavy atom. The SMILES string of the molecule is CC(=O)/C=C/C(F)(F)c1ccccc1. The highest BCUT2D eigenvalue weighted by molar-refractivity contribution is 5.87. The minimum absolute atomic E-state index is 0.113. The van der Waals surface area contributed by atoms with Gasteiger partial charge in [-0.25, -0.2) is 0 Å². The molecule has 0 unspecified atom stereocenters. The van der Waals surface area contributed by atoms with Crippen LogP contribution in [0.3, 0.4) is 0 Å². The number of allylic oxidation sites excluding steroid dienone is 2. The lowest BCUT2D eigenvalue weighted by Crippen LogP contribution is -2.09. The van der Waals surface area contributed by atoms with Gasteiger partial charge in [0.15, 0.2) is 5.78 Å². The van der Waals surface area contributed by atoms with Crippen molar-refractivity contribution in [3.8, 4) is 0 Å². The third kappa shape index (κ3) is 2.76. The van der Waals surface area contributed by atoms with Crippen LogP contribution in [-0.4, -0.2) is 5.78 Å². The van der Waals surface area contributed by atoms with E-state index in [0.29, 0.717) is 6.08 Å². The standard InChI is InChI=1S/C11H10F2O/c1-9(14)7-8-11(12,13)10-5-3-2-4-6-10/h2-8H,1H3/b8-7+. The largest absolute Gasteiger partial charge is 0.295 e. The summed E-state index contributed by atoms with van der Waals surface area (Å²) in [5.41, 5.74) is -0.113. The average molecular weight is 196 g/mol. The summed E-state index contributed by atoms with van der Waals surface area (Å²) >= 11 is 0. The summed E-state index contributed by atoms with van der Waals surface area (Å²) in [4.78, 5) is 10.5. The Morgan fingerprint density at radius 2 is 1.86 bits per heavy atom. The monoisotopic (exact) mass is 196 g/mol. The van der Waals surface area contributed by atoms with E-state index < -0.39 is 5.92 Å². The van der Waals surface area contributed by atoms with Crippen LogP contribution in [0.15, 0.2) is 42.5 Å². The highest BCUT2D eigenvalue weighted by Gasteiger charge is 2.27. The zero-order valence-corrected chi connectivity index (χ0v) is 7.71. The molecule has 1 rings (SSSR count). The zero-order chi connectivity index (χ0) is 10.6. The molecule has 3 heteroatoms. The zero-order valence-electron chi connectivity index (χ0n) is 7.71. The lowest BCUT2D eigenvalue weighted by molar-refractivity contribution is -0.112. The van der Waals surface area contributed by atoms with Gasteiger partial charge in [-0.1, -0.05) is 30.3 Å². The van der Waals surface area contributed by atoms with E-state index in [4.69, 9.17) is 0 Å². The molecule has 0 amide bonds. The van der Waals surface area contributed by atoms with Crippen LogP contribution in [0.5, 0.6) is 0 Å². The molecule has 0 spiro atoms. The fraction of sp³-hybridized carbons (Fsp3) is 0.182. The summed E-state index contributed by atoms with van der Waals surface area (Å²) in [6, 6.07) is 7.37. The maximum Gasteiger partial charge on any atom is 0.292 e. The Labute approximate surface area is 81.1 Å². The number of halogens is 2. The molecule has 0 aliphatic heterocycles. The Hall–Kier alpha value is -1.51. The fourth-order valence-electron chi connectivity index (χ4n) is 0.979. The third-order valence-electron chi connectivity index (χ3n) is 1.69. The minimum atomic E-state index is -3.08. The predicted octanol–water partition coefficient (Wildman–Crippen LogP) is 2.92. The number of hydrogen-bond acceptors (Lipinski definition) is 1. The molecule has 0 bridgehead atoms. The molecule has 0 saturated carbocycles. The van der Waals surface area contributed by atoms with Gasteiger partial charge in [-0.15, -0.1) is 0 Å². The first kappa shape index (κ1) is 10.6. The maximum atomic E-state index is 13.3. The van der Waals surface area contributed by atoms with Crippen LogP contribution in [-0.2, 0) is 10.7 Å². The normalized spacial score (nSPS) is 11.9. The number of ketones is 1. The molecule has 0 heterocycles. The van der Waals surface area contributed by atoms with Crippen LogP contribution in [0.4, 0.5) is 8.78 Å². The van der Waals surface area contributed by atoms with Gasteiger partial charge in [-0.3, -0.25) is 4.79 Å². The van der Waals surface area contributed by atoms with Crippen molar-refractivity contribution in [2.45, 2.75) is 12.8 Å². The van der Waals surface area contributed by atoms with Crippen molar-refractivity contribution in [3.05, 3.63) is 48.0 Å². The van der Waals surface area contributed by atoms with E-state index >= 15 is 0 Å². The summed E-state index contributed by atoms with van der Waals surface area (Å²) in [5.74, 6) is -3.46. The second-order valence-electron chi connectivity index (χ2n) is 2.93. The molecule has 0 fully saturated rings. The molecule has 14 heavy (non-hydrogen) atoms. The van der Waals surface area contributed by atoms with E-state index in [0.717, 1.165) is 6.08 Å². The van der Waals surface area contributed by atoms with Crippen molar-refractivity contribution >= 4 is 5.78 Å². The van der Waals surface area contributed by atoms with Gasteiger partial charge < -0.3 is 0 Å². The molecule has 0 N–H and O–H groups in total. The van der Waals surface area contributed by atoms with Gasteiger partial charge >= 0.3 is 0 Å². The van der Waals surface area contributed by atoms with Crippen LogP contribution in [0, 0.1) is 0 Å². The van der Waals surface area contributed by atoms with E-state index in [1.54, 1.807) is 6.07 Å².